The number of aliphatic hydroxyl groups excluding tert-OH is 1. The lowest BCUT2D eigenvalue weighted by Crippen LogP contribution is -2.52. The fourth-order valence-corrected chi connectivity index (χ4v) is 16.4. The van der Waals surface area contributed by atoms with Crippen molar-refractivity contribution in [3.8, 4) is 28.7 Å². The number of ether oxygens (including phenoxy) is 4. The number of anilines is 5. The lowest BCUT2D eigenvalue weighted by atomic mass is 9.82. The largest absolute Gasteiger partial charge is 0.497 e. The first-order chi connectivity index (χ1) is 38.4. The molecule has 0 bridgehead atoms. The molecule has 1 saturated heterocycles. The first-order valence-electron chi connectivity index (χ1n) is 26.6. The fraction of sp³-hybridized carbons (Fsp3) is 0.200. The zero-order valence-electron chi connectivity index (χ0n) is 44.2. The molecule has 4 atom stereocenters. The van der Waals surface area contributed by atoms with E-state index in [1.165, 1.54) is 0 Å². The molecule has 79 heavy (non-hydrogen) atoms. The first-order valence-corrected chi connectivity index (χ1v) is 29.7. The van der Waals surface area contributed by atoms with Crippen LogP contribution in [0.4, 0.5) is 28.4 Å². The molecule has 0 unspecified atom stereocenters. The number of hydrogen-bond acceptors (Lipinski definition) is 9. The van der Waals surface area contributed by atoms with E-state index in [-0.39, 0.29) is 61.8 Å². The molecule has 0 aromatic heterocycles. The number of carbonyl (C=O) groups excluding carboxylic acids is 4. The van der Waals surface area contributed by atoms with Crippen LogP contribution in [-0.2, 0) is 33.0 Å². The summed E-state index contributed by atoms with van der Waals surface area (Å²) in [6.45, 7) is 6.90. The molecule has 1 N–H and O–H groups in total. The van der Waals surface area contributed by atoms with Gasteiger partial charge in [0.2, 0.25) is 5.91 Å². The van der Waals surface area contributed by atoms with Crippen molar-refractivity contribution in [2.45, 2.75) is 56.8 Å². The van der Waals surface area contributed by atoms with Gasteiger partial charge in [-0.15, -0.1) is 0 Å². The number of benzene rings is 8. The molecule has 1 fully saturated rings. The predicted octanol–water partition coefficient (Wildman–Crippen LogP) is 12.0. The summed E-state index contributed by atoms with van der Waals surface area (Å²) in [5, 5.41) is 11.4. The average Bonchev–Trinajstić information content (AvgIpc) is 2.97. The van der Waals surface area contributed by atoms with E-state index in [2.05, 4.69) is 32.2 Å². The van der Waals surface area contributed by atoms with Crippen LogP contribution in [0.5, 0.6) is 28.7 Å². The van der Waals surface area contributed by atoms with Crippen LogP contribution in [0.15, 0.2) is 194 Å². The maximum Gasteiger partial charge on any atom is 0.266 e. The minimum atomic E-state index is -2.77. The van der Waals surface area contributed by atoms with E-state index < -0.39 is 25.7 Å². The van der Waals surface area contributed by atoms with E-state index in [1.807, 2.05) is 152 Å². The van der Waals surface area contributed by atoms with Gasteiger partial charge in [0.1, 0.15) is 17.2 Å². The molecule has 4 aliphatic heterocycles. The van der Waals surface area contributed by atoms with Crippen molar-refractivity contribution in [2.75, 3.05) is 35.0 Å². The maximum absolute atomic E-state index is 16.3. The summed E-state index contributed by atoms with van der Waals surface area (Å²) in [4.78, 5) is 67.4. The van der Waals surface area contributed by atoms with Crippen molar-refractivity contribution in [3.05, 3.63) is 222 Å². The second-order valence-electron chi connectivity index (χ2n) is 21.1. The Bertz CT molecular complexity index is 3670. The number of para-hydroxylation sites is 6. The molecule has 8 aromatic carbocycles. The second kappa shape index (κ2) is 20.5. The molecule has 13 nitrogen and oxygen atoms in total. The van der Waals surface area contributed by atoms with Gasteiger partial charge in [-0.25, -0.2) is 0 Å². The van der Waals surface area contributed by atoms with Crippen LogP contribution >= 0.6 is 0 Å². The smallest absolute Gasteiger partial charge is 0.266 e. The molecule has 14 heteroatoms. The van der Waals surface area contributed by atoms with Crippen molar-refractivity contribution in [1.29, 1.82) is 0 Å². The Morgan fingerprint density at radius 3 is 1.77 bits per heavy atom. The summed E-state index contributed by atoms with van der Waals surface area (Å²) < 4.78 is 25.9. The number of nitrogens with zero attached hydrogens (tertiary/aromatic N) is 4. The molecular weight excluding hydrogens is 1010 g/mol. The third kappa shape index (κ3) is 8.82. The Morgan fingerprint density at radius 2 is 1.18 bits per heavy atom. The van der Waals surface area contributed by atoms with Crippen molar-refractivity contribution in [2.24, 2.45) is 5.92 Å². The molecule has 4 heterocycles. The van der Waals surface area contributed by atoms with Crippen molar-refractivity contribution in [1.82, 2.24) is 4.90 Å². The van der Waals surface area contributed by atoms with Crippen molar-refractivity contribution in [3.63, 3.8) is 0 Å². The molecule has 4 amide bonds. The monoisotopic (exact) mass is 1070 g/mol. The Balaban J connectivity index is 0.980. The number of methoxy groups -OCH3 is 1. The SMILES string of the molecule is COc1ccc([Si](C)(C)[C@@H]2[C@@H](CC(=O)N(CCO)Cc3ccccc3)O[C@]3(C(=O)N(Cc4ccc(N5C(=O)c6ccccc6Oc6ccccc65)cc4)c4ccc(N5C(=O)c6ccccc6Oc6ccccc65)cc43)[C@H]2C)cc1. The van der Waals surface area contributed by atoms with Crippen molar-refractivity contribution >= 4 is 65.3 Å². The van der Waals surface area contributed by atoms with E-state index in [0.29, 0.717) is 73.9 Å². The summed E-state index contributed by atoms with van der Waals surface area (Å²) in [5.74, 6) is 1.04. The molecular formula is C65H58N4O9Si. The molecule has 396 valence electrons. The van der Waals surface area contributed by atoms with Gasteiger partial charge in [-0.05, 0) is 108 Å². The van der Waals surface area contributed by atoms with Crippen LogP contribution < -0.4 is 34.1 Å². The van der Waals surface area contributed by atoms with E-state index in [4.69, 9.17) is 18.9 Å². The van der Waals surface area contributed by atoms with Gasteiger partial charge >= 0.3 is 0 Å². The maximum atomic E-state index is 16.3. The summed E-state index contributed by atoms with van der Waals surface area (Å²) in [6, 6.07) is 60.2. The van der Waals surface area contributed by atoms with E-state index in [1.54, 1.807) is 57.0 Å². The van der Waals surface area contributed by atoms with Gasteiger partial charge in [0.05, 0.1) is 69.0 Å². The molecule has 12 rings (SSSR count). The number of fused-ring (bicyclic) bond motifs is 6. The molecule has 8 aromatic rings. The zero-order chi connectivity index (χ0) is 54.6. The molecule has 0 aliphatic carbocycles. The van der Waals surface area contributed by atoms with Gasteiger partial charge < -0.3 is 33.9 Å². The summed E-state index contributed by atoms with van der Waals surface area (Å²) in [5.41, 5.74) is 3.94. The third-order valence-corrected chi connectivity index (χ3v) is 20.6. The highest BCUT2D eigenvalue weighted by molar-refractivity contribution is 6.91. The highest BCUT2D eigenvalue weighted by Crippen LogP contribution is 2.61. The molecule has 0 saturated carbocycles. The summed E-state index contributed by atoms with van der Waals surface area (Å²) in [7, 11) is -1.13. The van der Waals surface area contributed by atoms with E-state index >= 15 is 9.59 Å². The van der Waals surface area contributed by atoms with Gasteiger partial charge in [0.25, 0.3) is 17.7 Å². The number of rotatable bonds is 13. The molecule has 4 aliphatic rings. The fourth-order valence-electron chi connectivity index (χ4n) is 12.4. The van der Waals surface area contributed by atoms with Crippen LogP contribution in [0.3, 0.4) is 0 Å². The highest BCUT2D eigenvalue weighted by atomic mass is 28.3. The average molecular weight is 1070 g/mol. The Hall–Kier alpha value is -8.82. The van der Waals surface area contributed by atoms with Crippen LogP contribution in [-0.4, -0.2) is 68.1 Å². The van der Waals surface area contributed by atoms with Gasteiger partial charge in [0, 0.05) is 35.9 Å². The van der Waals surface area contributed by atoms with Crippen LogP contribution in [0.25, 0.3) is 0 Å². The Kier molecular flexibility index (Phi) is 13.2. The van der Waals surface area contributed by atoms with Crippen LogP contribution in [0.1, 0.15) is 50.8 Å². The highest BCUT2D eigenvalue weighted by Gasteiger charge is 2.66. The minimum Gasteiger partial charge on any atom is -0.497 e. The quantitative estimate of drug-likeness (QED) is 0.112. The van der Waals surface area contributed by atoms with Gasteiger partial charge in [-0.1, -0.05) is 128 Å². The minimum absolute atomic E-state index is 0.0556. The number of hydrogen-bond donors (Lipinski definition) is 1. The Morgan fingerprint density at radius 1 is 0.633 bits per heavy atom. The number of amides is 4. The van der Waals surface area contributed by atoms with Crippen LogP contribution in [0, 0.1) is 5.92 Å². The van der Waals surface area contributed by atoms with Crippen molar-refractivity contribution < 1.29 is 43.2 Å². The topological polar surface area (TPSA) is 138 Å². The predicted molar refractivity (Wildman–Crippen MR) is 306 cm³/mol. The van der Waals surface area contributed by atoms with Gasteiger partial charge in [-0.2, -0.15) is 0 Å². The van der Waals surface area contributed by atoms with Gasteiger partial charge in [-0.3, -0.25) is 29.0 Å². The van der Waals surface area contributed by atoms with E-state index in [9.17, 15) is 14.7 Å². The number of carbonyl (C=O) groups is 4. The van der Waals surface area contributed by atoms with Crippen LogP contribution in [0.2, 0.25) is 18.6 Å². The molecule has 0 radical (unpaired) electrons. The lowest BCUT2D eigenvalue weighted by molar-refractivity contribution is -0.150. The lowest BCUT2D eigenvalue weighted by Gasteiger charge is -2.37. The standard InChI is InChI=1S/C65H58N4O9Si/c1-42-61(79(3,4)48-33-31-47(75-2)32-34-48)59(39-60(71)66(36-37-70)40-43-16-6-5-7-17-43)78-65(42)51-38-46(69-54-21-11-15-25-58(54)77-56-23-13-9-19-50(56)63(69)73)30-35-52(51)67(64(65)74)41-44-26-28-45(29-27-44)68-53-20-10-14-24-57(53)76-55-22-12-8-18-49(55)62(68)72/h5-35,38,42,59,61,70H,36-37,39-41H2,1-4H3/t42-,59+,61-,65+/m0/s1. The number of aliphatic hydroxyl groups is 1. The normalized spacial score (nSPS) is 19.1. The Labute approximate surface area is 459 Å². The summed E-state index contributed by atoms with van der Waals surface area (Å²) in [6.07, 6.45) is -0.813. The second-order valence-corrected chi connectivity index (χ2v) is 25.7. The third-order valence-electron chi connectivity index (χ3n) is 16.2. The van der Waals surface area contributed by atoms with Gasteiger partial charge in [0.15, 0.2) is 17.1 Å². The molecule has 1 spiro atoms. The summed E-state index contributed by atoms with van der Waals surface area (Å²) >= 11 is 0. The van der Waals surface area contributed by atoms with E-state index in [0.717, 1.165) is 16.3 Å². The zero-order valence-corrected chi connectivity index (χ0v) is 45.2. The first kappa shape index (κ1) is 51.0.